The van der Waals surface area contributed by atoms with Crippen LogP contribution in [-0.4, -0.2) is 11.1 Å². The molecule has 2 aromatic carbocycles. The van der Waals surface area contributed by atoms with Gasteiger partial charge in [-0.15, -0.1) is 0 Å². The van der Waals surface area contributed by atoms with Crippen molar-refractivity contribution < 1.29 is 14.3 Å². The number of hydrogen-bond acceptors (Lipinski definition) is 1. The van der Waals surface area contributed by atoms with Crippen LogP contribution in [0.4, 0.5) is 4.39 Å². The molecule has 104 valence electrons. The fourth-order valence-corrected chi connectivity index (χ4v) is 2.28. The fourth-order valence-electron chi connectivity index (χ4n) is 2.28. The van der Waals surface area contributed by atoms with Crippen molar-refractivity contribution >= 4 is 5.97 Å². The molecule has 0 fully saturated rings. The molecule has 2 aromatic rings. The lowest BCUT2D eigenvalue weighted by atomic mass is 9.94. The number of aromatic carboxylic acids is 1. The maximum Gasteiger partial charge on any atom is 0.338 e. The Morgan fingerprint density at radius 3 is 2.45 bits per heavy atom. The van der Waals surface area contributed by atoms with Crippen molar-refractivity contribution in [3.05, 3.63) is 58.9 Å². The van der Waals surface area contributed by atoms with Gasteiger partial charge in [0.15, 0.2) is 0 Å². The molecule has 0 amide bonds. The normalized spacial score (nSPS) is 10.6. The maximum absolute atomic E-state index is 13.5. The summed E-state index contributed by atoms with van der Waals surface area (Å²) < 4.78 is 13.5. The molecule has 0 spiro atoms. The highest BCUT2D eigenvalue weighted by molar-refractivity contribution is 5.90. The first-order valence-corrected chi connectivity index (χ1v) is 6.71. The van der Waals surface area contributed by atoms with E-state index < -0.39 is 11.8 Å². The highest BCUT2D eigenvalue weighted by atomic mass is 19.1. The smallest absolute Gasteiger partial charge is 0.338 e. The molecule has 0 unspecified atom stereocenters. The minimum atomic E-state index is -1.24. The van der Waals surface area contributed by atoms with Gasteiger partial charge in [-0.1, -0.05) is 38.1 Å². The van der Waals surface area contributed by atoms with Crippen LogP contribution in [-0.2, 0) is 12.8 Å². The molecule has 0 heterocycles. The van der Waals surface area contributed by atoms with E-state index in [4.69, 9.17) is 5.11 Å². The number of carboxylic acids is 1. The molecule has 2 nitrogen and oxygen atoms in total. The molecule has 0 aliphatic heterocycles. The molecule has 2 rings (SSSR count). The average Bonchev–Trinajstić information content (AvgIpc) is 2.46. The van der Waals surface area contributed by atoms with E-state index in [1.54, 1.807) is 6.07 Å². The van der Waals surface area contributed by atoms with Gasteiger partial charge < -0.3 is 5.11 Å². The van der Waals surface area contributed by atoms with E-state index in [2.05, 4.69) is 25.1 Å². The second-order valence-electron chi connectivity index (χ2n) is 4.70. The van der Waals surface area contributed by atoms with E-state index in [1.165, 1.54) is 17.7 Å². The minimum Gasteiger partial charge on any atom is -0.478 e. The third-order valence-electron chi connectivity index (χ3n) is 3.47. The van der Waals surface area contributed by atoms with E-state index in [1.807, 2.05) is 6.92 Å². The number of aryl methyl sites for hydroxylation is 2. The van der Waals surface area contributed by atoms with E-state index in [9.17, 15) is 9.18 Å². The number of benzene rings is 2. The van der Waals surface area contributed by atoms with Crippen LogP contribution in [0.3, 0.4) is 0 Å². The van der Waals surface area contributed by atoms with Crippen molar-refractivity contribution in [3.8, 4) is 11.1 Å². The summed E-state index contributed by atoms with van der Waals surface area (Å²) >= 11 is 0. The van der Waals surface area contributed by atoms with Gasteiger partial charge in [0.05, 0.1) is 5.56 Å². The Kier molecular flexibility index (Phi) is 4.18. The lowest BCUT2D eigenvalue weighted by Gasteiger charge is -2.11. The average molecular weight is 272 g/mol. The highest BCUT2D eigenvalue weighted by Gasteiger charge is 2.13. The molecule has 0 aliphatic rings. The summed E-state index contributed by atoms with van der Waals surface area (Å²) in [6.07, 6.45) is 1.75. The summed E-state index contributed by atoms with van der Waals surface area (Å²) in [7, 11) is 0. The number of rotatable bonds is 4. The van der Waals surface area contributed by atoms with Gasteiger partial charge in [0.1, 0.15) is 5.82 Å². The molecule has 0 radical (unpaired) electrons. The van der Waals surface area contributed by atoms with Crippen LogP contribution >= 0.6 is 0 Å². The SMILES string of the molecule is CCc1ccc(CC)c(-c2ccc(F)c(C(=O)O)c2)c1. The predicted molar refractivity (Wildman–Crippen MR) is 77.6 cm³/mol. The van der Waals surface area contributed by atoms with Gasteiger partial charge in [0, 0.05) is 0 Å². The van der Waals surface area contributed by atoms with Crippen LogP contribution in [0.2, 0.25) is 0 Å². The van der Waals surface area contributed by atoms with Crippen LogP contribution < -0.4 is 0 Å². The Labute approximate surface area is 117 Å². The Bertz CT molecular complexity index is 647. The zero-order valence-corrected chi connectivity index (χ0v) is 11.6. The van der Waals surface area contributed by atoms with Gasteiger partial charge in [0.2, 0.25) is 0 Å². The second kappa shape index (κ2) is 5.87. The molecule has 0 atom stereocenters. The predicted octanol–water partition coefficient (Wildman–Crippen LogP) is 4.32. The summed E-state index contributed by atoms with van der Waals surface area (Å²) in [5.74, 6) is -1.94. The minimum absolute atomic E-state index is 0.286. The number of carbonyl (C=O) groups is 1. The number of carboxylic acid groups (broad SMARTS) is 1. The van der Waals surface area contributed by atoms with Crippen molar-refractivity contribution in [3.63, 3.8) is 0 Å². The number of halogens is 1. The van der Waals surface area contributed by atoms with E-state index in [0.29, 0.717) is 0 Å². The first-order chi connectivity index (χ1) is 9.56. The number of hydrogen-bond donors (Lipinski definition) is 1. The molecular weight excluding hydrogens is 255 g/mol. The van der Waals surface area contributed by atoms with Gasteiger partial charge in [-0.05, 0) is 47.2 Å². The molecule has 1 N–H and O–H groups in total. The molecule has 0 bridgehead atoms. The third-order valence-corrected chi connectivity index (χ3v) is 3.47. The van der Waals surface area contributed by atoms with Crippen LogP contribution in [0.25, 0.3) is 11.1 Å². The lowest BCUT2D eigenvalue weighted by Crippen LogP contribution is -2.01. The van der Waals surface area contributed by atoms with Crippen LogP contribution in [0, 0.1) is 5.82 Å². The molecule has 0 aliphatic carbocycles. The molecule has 20 heavy (non-hydrogen) atoms. The largest absolute Gasteiger partial charge is 0.478 e. The van der Waals surface area contributed by atoms with Gasteiger partial charge in [0.25, 0.3) is 0 Å². The van der Waals surface area contributed by atoms with Crippen molar-refractivity contribution in [2.24, 2.45) is 0 Å². The highest BCUT2D eigenvalue weighted by Crippen LogP contribution is 2.27. The Hall–Kier alpha value is -2.16. The first kappa shape index (κ1) is 14.3. The van der Waals surface area contributed by atoms with Crippen molar-refractivity contribution in [2.75, 3.05) is 0 Å². The van der Waals surface area contributed by atoms with Crippen molar-refractivity contribution in [2.45, 2.75) is 26.7 Å². The van der Waals surface area contributed by atoms with Gasteiger partial charge in [-0.2, -0.15) is 0 Å². The van der Waals surface area contributed by atoms with E-state index >= 15 is 0 Å². The Morgan fingerprint density at radius 1 is 1.10 bits per heavy atom. The quantitative estimate of drug-likeness (QED) is 0.900. The van der Waals surface area contributed by atoms with Crippen LogP contribution in [0.5, 0.6) is 0 Å². The van der Waals surface area contributed by atoms with E-state index in [-0.39, 0.29) is 5.56 Å². The summed E-state index contributed by atoms with van der Waals surface area (Å²) in [5.41, 5.74) is 3.75. The van der Waals surface area contributed by atoms with Gasteiger partial charge in [-0.3, -0.25) is 0 Å². The monoisotopic (exact) mass is 272 g/mol. The standard InChI is InChI=1S/C17H17FO2/c1-3-11-5-6-12(4-2)14(9-11)13-7-8-16(18)15(10-13)17(19)20/h5-10H,3-4H2,1-2H3,(H,19,20). The Morgan fingerprint density at radius 2 is 1.85 bits per heavy atom. The van der Waals surface area contributed by atoms with E-state index in [0.717, 1.165) is 29.5 Å². The maximum atomic E-state index is 13.5. The summed E-state index contributed by atoms with van der Waals surface area (Å²) in [6, 6.07) is 10.4. The molecule has 0 saturated heterocycles. The molecular formula is C17H17FO2. The summed E-state index contributed by atoms with van der Waals surface area (Å²) in [6.45, 7) is 4.12. The van der Waals surface area contributed by atoms with Crippen LogP contribution in [0.15, 0.2) is 36.4 Å². The van der Waals surface area contributed by atoms with Gasteiger partial charge >= 0.3 is 5.97 Å². The summed E-state index contributed by atoms with van der Waals surface area (Å²) in [5, 5.41) is 9.02. The zero-order valence-electron chi connectivity index (χ0n) is 11.6. The fraction of sp³-hybridized carbons (Fsp3) is 0.235. The summed E-state index contributed by atoms with van der Waals surface area (Å²) in [4.78, 5) is 11.0. The zero-order chi connectivity index (χ0) is 14.7. The molecule has 0 aromatic heterocycles. The first-order valence-electron chi connectivity index (χ1n) is 6.71. The van der Waals surface area contributed by atoms with Crippen molar-refractivity contribution in [1.29, 1.82) is 0 Å². The second-order valence-corrected chi connectivity index (χ2v) is 4.70. The van der Waals surface area contributed by atoms with Crippen LogP contribution in [0.1, 0.15) is 35.3 Å². The Balaban J connectivity index is 2.61. The molecule has 0 saturated carbocycles. The van der Waals surface area contributed by atoms with Gasteiger partial charge in [-0.25, -0.2) is 9.18 Å². The topological polar surface area (TPSA) is 37.3 Å². The van der Waals surface area contributed by atoms with Crippen molar-refractivity contribution in [1.82, 2.24) is 0 Å². The third kappa shape index (κ3) is 2.72. The molecule has 3 heteroatoms. The lowest BCUT2D eigenvalue weighted by molar-refractivity contribution is 0.0692.